The van der Waals surface area contributed by atoms with E-state index in [9.17, 15) is 9.59 Å². The first kappa shape index (κ1) is 22.7. The largest absolute Gasteiger partial charge is 0.478 e. The van der Waals surface area contributed by atoms with Gasteiger partial charge in [-0.1, -0.05) is 64.7 Å². The first-order valence-corrected chi connectivity index (χ1v) is 9.92. The lowest BCUT2D eigenvalue weighted by atomic mass is 10.1. The van der Waals surface area contributed by atoms with E-state index in [0.29, 0.717) is 18.1 Å². The summed E-state index contributed by atoms with van der Waals surface area (Å²) >= 11 is 0. The molecule has 1 aromatic heterocycles. The molecule has 1 aromatic rings. The van der Waals surface area contributed by atoms with Crippen molar-refractivity contribution in [3.63, 3.8) is 0 Å². The molecule has 27 heavy (non-hydrogen) atoms. The minimum Gasteiger partial charge on any atom is -0.478 e. The van der Waals surface area contributed by atoms with Crippen LogP contribution in [0, 0.1) is 0 Å². The summed E-state index contributed by atoms with van der Waals surface area (Å²) in [5.41, 5.74) is 0.665. The zero-order valence-electron chi connectivity index (χ0n) is 16.3. The van der Waals surface area contributed by atoms with Crippen LogP contribution < -0.4 is 0 Å². The molecule has 0 unspecified atom stereocenters. The van der Waals surface area contributed by atoms with Crippen molar-refractivity contribution in [2.75, 3.05) is 0 Å². The van der Waals surface area contributed by atoms with Crippen molar-refractivity contribution in [2.24, 2.45) is 0 Å². The van der Waals surface area contributed by atoms with Crippen LogP contribution in [-0.2, 0) is 16.1 Å². The van der Waals surface area contributed by atoms with Crippen LogP contribution >= 0.6 is 0 Å². The topological polar surface area (TPSA) is 92.4 Å². The molecule has 1 rings (SSSR count). The third kappa shape index (κ3) is 10.4. The number of hydrogen-bond donors (Lipinski definition) is 2. The summed E-state index contributed by atoms with van der Waals surface area (Å²) in [5.74, 6) is -1.53. The normalized spacial score (nSPS) is 11.6. The summed E-state index contributed by atoms with van der Waals surface area (Å²) in [4.78, 5) is 25.7. The summed E-state index contributed by atoms with van der Waals surface area (Å²) in [5, 5.41) is 17.6. The van der Waals surface area contributed by atoms with Gasteiger partial charge in [-0.25, -0.2) is 14.6 Å². The number of aliphatic carboxylic acids is 2. The minimum absolute atomic E-state index is 0.526. The highest BCUT2D eigenvalue weighted by Gasteiger charge is 2.06. The lowest BCUT2D eigenvalue weighted by molar-refractivity contribution is -0.132. The van der Waals surface area contributed by atoms with Gasteiger partial charge in [0.1, 0.15) is 5.82 Å². The van der Waals surface area contributed by atoms with Crippen LogP contribution in [0.5, 0.6) is 0 Å². The minimum atomic E-state index is -1.04. The third-order valence-corrected chi connectivity index (χ3v) is 4.42. The average Bonchev–Trinajstić information content (AvgIpc) is 3.01. The van der Waals surface area contributed by atoms with E-state index >= 15 is 0 Å². The monoisotopic (exact) mass is 376 g/mol. The molecule has 150 valence electrons. The van der Waals surface area contributed by atoms with Crippen molar-refractivity contribution in [3.8, 4) is 0 Å². The fourth-order valence-electron chi connectivity index (χ4n) is 2.97. The summed E-state index contributed by atoms with van der Waals surface area (Å²) in [6, 6.07) is 0. The van der Waals surface area contributed by atoms with Crippen LogP contribution in [0.2, 0.25) is 0 Å². The fourth-order valence-corrected chi connectivity index (χ4v) is 2.97. The molecule has 1 heterocycles. The number of carboxylic acid groups (broad SMARTS) is 2. The van der Waals surface area contributed by atoms with Crippen molar-refractivity contribution < 1.29 is 19.8 Å². The first-order chi connectivity index (χ1) is 13.0. The molecule has 0 atom stereocenters. The van der Waals surface area contributed by atoms with E-state index in [2.05, 4.69) is 11.9 Å². The Labute approximate surface area is 161 Å². The van der Waals surface area contributed by atoms with Crippen molar-refractivity contribution in [3.05, 3.63) is 29.9 Å². The summed E-state index contributed by atoms with van der Waals surface area (Å²) in [7, 11) is 0. The standard InChI is InChI=1S/C21H32N2O4/c1-2-3-4-5-6-7-8-9-10-11-16-23-18(12-14-20(24)25)17-22-19(23)13-15-21(26)27/h12-15,17H,2-11,16H2,1H3,(H,24,25)(H,26,27). The Morgan fingerprint density at radius 1 is 0.889 bits per heavy atom. The van der Waals surface area contributed by atoms with Crippen LogP contribution in [0.3, 0.4) is 0 Å². The van der Waals surface area contributed by atoms with E-state index in [0.717, 1.165) is 25.0 Å². The van der Waals surface area contributed by atoms with Crippen LogP contribution in [0.1, 0.15) is 82.7 Å². The highest BCUT2D eigenvalue weighted by molar-refractivity contribution is 5.85. The van der Waals surface area contributed by atoms with Gasteiger partial charge in [0, 0.05) is 18.7 Å². The Bertz CT molecular complexity index is 591. The van der Waals surface area contributed by atoms with Crippen molar-refractivity contribution in [1.29, 1.82) is 0 Å². The number of nitrogens with zero attached hydrogens (tertiary/aromatic N) is 2. The van der Waals surface area contributed by atoms with Gasteiger partial charge in [0.2, 0.25) is 0 Å². The van der Waals surface area contributed by atoms with Gasteiger partial charge in [-0.3, -0.25) is 0 Å². The summed E-state index contributed by atoms with van der Waals surface area (Å²) in [6.45, 7) is 2.92. The van der Waals surface area contributed by atoms with Gasteiger partial charge in [-0.2, -0.15) is 0 Å². The maximum atomic E-state index is 10.7. The Morgan fingerprint density at radius 3 is 1.96 bits per heavy atom. The number of rotatable bonds is 15. The molecule has 6 heteroatoms. The zero-order chi connectivity index (χ0) is 19.9. The van der Waals surface area contributed by atoms with Crippen LogP contribution in [0.15, 0.2) is 18.3 Å². The molecule has 0 aliphatic rings. The van der Waals surface area contributed by atoms with E-state index in [1.807, 2.05) is 4.57 Å². The van der Waals surface area contributed by atoms with Crippen molar-refractivity contribution >= 4 is 24.1 Å². The number of imidazole rings is 1. The molecule has 0 saturated heterocycles. The molecule has 0 aliphatic carbocycles. The average molecular weight is 376 g/mol. The quantitative estimate of drug-likeness (QED) is 0.332. The van der Waals surface area contributed by atoms with E-state index in [1.54, 1.807) is 6.20 Å². The molecule has 0 amide bonds. The SMILES string of the molecule is CCCCCCCCCCCCn1c(C=CC(=O)O)cnc1C=CC(=O)O. The molecular weight excluding hydrogens is 344 g/mol. The Morgan fingerprint density at radius 2 is 1.41 bits per heavy atom. The molecule has 0 spiro atoms. The van der Waals surface area contributed by atoms with Gasteiger partial charge >= 0.3 is 11.9 Å². The molecule has 0 radical (unpaired) electrons. The van der Waals surface area contributed by atoms with Gasteiger partial charge in [-0.15, -0.1) is 0 Å². The third-order valence-electron chi connectivity index (χ3n) is 4.42. The second-order valence-corrected chi connectivity index (χ2v) is 6.72. The number of hydrogen-bond acceptors (Lipinski definition) is 3. The molecule has 0 bridgehead atoms. The smallest absolute Gasteiger partial charge is 0.328 e. The van der Waals surface area contributed by atoms with Gasteiger partial charge in [-0.05, 0) is 18.6 Å². The van der Waals surface area contributed by atoms with E-state index < -0.39 is 11.9 Å². The Kier molecular flexibility index (Phi) is 11.6. The number of carboxylic acids is 2. The molecule has 0 saturated carbocycles. The van der Waals surface area contributed by atoms with E-state index in [1.165, 1.54) is 63.5 Å². The van der Waals surface area contributed by atoms with Gasteiger partial charge in [0.25, 0.3) is 0 Å². The van der Waals surface area contributed by atoms with Crippen LogP contribution in [0.4, 0.5) is 0 Å². The number of aromatic nitrogens is 2. The zero-order valence-corrected chi connectivity index (χ0v) is 16.3. The number of unbranched alkanes of at least 4 members (excludes halogenated alkanes) is 9. The Hall–Kier alpha value is -2.37. The lowest BCUT2D eigenvalue weighted by Crippen LogP contribution is -2.04. The first-order valence-electron chi connectivity index (χ1n) is 9.92. The molecular formula is C21H32N2O4. The fraction of sp³-hybridized carbons (Fsp3) is 0.571. The predicted molar refractivity (Wildman–Crippen MR) is 107 cm³/mol. The van der Waals surface area contributed by atoms with Crippen LogP contribution in [-0.4, -0.2) is 31.7 Å². The van der Waals surface area contributed by atoms with Gasteiger partial charge in [0.05, 0.1) is 11.9 Å². The molecule has 6 nitrogen and oxygen atoms in total. The summed E-state index contributed by atoms with van der Waals surface area (Å²) < 4.78 is 1.86. The second kappa shape index (κ2) is 13.8. The maximum Gasteiger partial charge on any atom is 0.328 e. The van der Waals surface area contributed by atoms with E-state index in [4.69, 9.17) is 10.2 Å². The van der Waals surface area contributed by atoms with Crippen LogP contribution in [0.25, 0.3) is 12.2 Å². The van der Waals surface area contributed by atoms with Gasteiger partial charge < -0.3 is 14.8 Å². The number of carbonyl (C=O) groups is 2. The molecule has 2 N–H and O–H groups in total. The highest BCUT2D eigenvalue weighted by atomic mass is 16.4. The van der Waals surface area contributed by atoms with E-state index in [-0.39, 0.29) is 0 Å². The summed E-state index contributed by atoms with van der Waals surface area (Å²) in [6.07, 6.45) is 19.0. The lowest BCUT2D eigenvalue weighted by Gasteiger charge is -2.08. The predicted octanol–water partition coefficient (Wildman–Crippen LogP) is 5.00. The van der Waals surface area contributed by atoms with Crippen molar-refractivity contribution in [1.82, 2.24) is 9.55 Å². The Balaban J connectivity index is 2.45. The second-order valence-electron chi connectivity index (χ2n) is 6.72. The maximum absolute atomic E-state index is 10.7. The highest BCUT2D eigenvalue weighted by Crippen LogP contribution is 2.14. The van der Waals surface area contributed by atoms with Gasteiger partial charge in [0.15, 0.2) is 0 Å². The van der Waals surface area contributed by atoms with Crippen molar-refractivity contribution in [2.45, 2.75) is 77.7 Å². The molecule has 0 aromatic carbocycles. The molecule has 0 aliphatic heterocycles. The molecule has 0 fully saturated rings.